The monoisotopic (exact) mass is 281 g/mol. The van der Waals surface area contributed by atoms with Gasteiger partial charge in [0.25, 0.3) is 0 Å². The highest BCUT2D eigenvalue weighted by molar-refractivity contribution is 7.89. The van der Waals surface area contributed by atoms with Crippen LogP contribution < -0.4 is 0 Å². The molecule has 0 saturated carbocycles. The molecular weight excluding hydrogens is 258 g/mol. The fourth-order valence-corrected chi connectivity index (χ4v) is 4.84. The van der Waals surface area contributed by atoms with Crippen LogP contribution in [0.15, 0.2) is 0 Å². The Hall–Kier alpha value is 0.200. The number of nitrogens with zero attached hydrogens (tertiary/aromatic N) is 1. The summed E-state index contributed by atoms with van der Waals surface area (Å²) in [5.41, 5.74) is 0.0505. The van der Waals surface area contributed by atoms with E-state index in [-0.39, 0.29) is 17.2 Å². The molecule has 0 aliphatic carbocycles. The molecule has 1 heterocycles. The molecule has 0 spiro atoms. The van der Waals surface area contributed by atoms with Crippen molar-refractivity contribution in [3.8, 4) is 0 Å². The van der Waals surface area contributed by atoms with Gasteiger partial charge < -0.3 is 0 Å². The van der Waals surface area contributed by atoms with Gasteiger partial charge in [0.05, 0.1) is 5.75 Å². The third-order valence-electron chi connectivity index (χ3n) is 3.46. The smallest absolute Gasteiger partial charge is 0.212 e. The predicted octanol–water partition coefficient (Wildman–Crippen LogP) is 2.70. The van der Waals surface area contributed by atoms with E-state index in [1.807, 2.05) is 0 Å². The number of hydrogen-bond donors (Lipinski definition) is 0. The molecular formula is C12H24ClNO2S. The van der Waals surface area contributed by atoms with E-state index in [0.29, 0.717) is 24.8 Å². The zero-order valence-corrected chi connectivity index (χ0v) is 12.8. The minimum atomic E-state index is -3.14. The van der Waals surface area contributed by atoms with Crippen molar-refractivity contribution in [3.05, 3.63) is 0 Å². The summed E-state index contributed by atoms with van der Waals surface area (Å²) >= 11 is 5.89. The number of sulfonamides is 1. The van der Waals surface area contributed by atoms with Gasteiger partial charge in [0, 0.05) is 18.5 Å². The van der Waals surface area contributed by atoms with Crippen LogP contribution in [0.3, 0.4) is 0 Å². The topological polar surface area (TPSA) is 37.4 Å². The van der Waals surface area contributed by atoms with Gasteiger partial charge in [-0.25, -0.2) is 8.42 Å². The maximum Gasteiger partial charge on any atom is 0.214 e. The van der Waals surface area contributed by atoms with Crippen LogP contribution in [0.4, 0.5) is 0 Å². The van der Waals surface area contributed by atoms with Gasteiger partial charge in [-0.15, -0.1) is 11.6 Å². The summed E-state index contributed by atoms with van der Waals surface area (Å²) < 4.78 is 26.1. The first-order chi connectivity index (χ1) is 7.67. The number of rotatable bonds is 4. The Morgan fingerprint density at radius 3 is 2.41 bits per heavy atom. The van der Waals surface area contributed by atoms with E-state index >= 15 is 0 Å². The average Bonchev–Trinajstić information content (AvgIpc) is 2.56. The van der Waals surface area contributed by atoms with Gasteiger partial charge in [0.15, 0.2) is 0 Å². The van der Waals surface area contributed by atoms with Crippen molar-refractivity contribution in [2.75, 3.05) is 18.2 Å². The Bertz CT molecular complexity index is 348. The van der Waals surface area contributed by atoms with Crippen LogP contribution in [0, 0.1) is 11.3 Å². The molecule has 2 atom stereocenters. The molecule has 102 valence electrons. The van der Waals surface area contributed by atoms with Crippen molar-refractivity contribution >= 4 is 21.6 Å². The molecule has 1 aliphatic heterocycles. The molecule has 1 rings (SSSR count). The summed E-state index contributed by atoms with van der Waals surface area (Å²) in [7, 11) is -3.14. The normalized spacial score (nSPS) is 27.6. The van der Waals surface area contributed by atoms with Gasteiger partial charge in [-0.05, 0) is 24.2 Å². The van der Waals surface area contributed by atoms with Crippen molar-refractivity contribution in [3.63, 3.8) is 0 Å². The van der Waals surface area contributed by atoms with E-state index in [4.69, 9.17) is 11.6 Å². The van der Waals surface area contributed by atoms with Crippen LogP contribution in [0.25, 0.3) is 0 Å². The van der Waals surface area contributed by atoms with E-state index in [1.54, 1.807) is 4.31 Å². The Balaban J connectivity index is 2.71. The first-order valence-electron chi connectivity index (χ1n) is 6.23. The second-order valence-electron chi connectivity index (χ2n) is 6.22. The zero-order valence-electron chi connectivity index (χ0n) is 11.2. The first kappa shape index (κ1) is 15.3. The molecule has 5 heteroatoms. The molecule has 1 saturated heterocycles. The zero-order chi connectivity index (χ0) is 13.3. The summed E-state index contributed by atoms with van der Waals surface area (Å²) in [6, 6.07) is -0.0124. The van der Waals surface area contributed by atoms with Crippen LogP contribution in [-0.4, -0.2) is 36.9 Å². The van der Waals surface area contributed by atoms with Gasteiger partial charge in [0.1, 0.15) is 0 Å². The average molecular weight is 282 g/mol. The third kappa shape index (κ3) is 4.11. The van der Waals surface area contributed by atoms with E-state index < -0.39 is 10.0 Å². The fraction of sp³-hybridized carbons (Fsp3) is 1.00. The van der Waals surface area contributed by atoms with Crippen molar-refractivity contribution in [1.82, 2.24) is 4.31 Å². The second kappa shape index (κ2) is 5.45. The Morgan fingerprint density at radius 2 is 1.94 bits per heavy atom. The van der Waals surface area contributed by atoms with Crippen molar-refractivity contribution < 1.29 is 8.42 Å². The van der Waals surface area contributed by atoms with Crippen LogP contribution in [0.1, 0.15) is 40.5 Å². The molecule has 1 aliphatic rings. The van der Waals surface area contributed by atoms with Gasteiger partial charge in [-0.3, -0.25) is 0 Å². The van der Waals surface area contributed by atoms with Crippen LogP contribution in [-0.2, 0) is 10.0 Å². The molecule has 0 bridgehead atoms. The lowest BCUT2D eigenvalue weighted by Crippen LogP contribution is -2.40. The predicted molar refractivity (Wildman–Crippen MR) is 72.9 cm³/mol. The molecule has 0 amide bonds. The highest BCUT2D eigenvalue weighted by atomic mass is 35.5. The number of alkyl halides is 1. The molecule has 0 aromatic rings. The summed E-state index contributed by atoms with van der Waals surface area (Å²) in [6.45, 7) is 8.90. The van der Waals surface area contributed by atoms with Crippen molar-refractivity contribution in [2.45, 2.75) is 46.6 Å². The third-order valence-corrected chi connectivity index (χ3v) is 5.66. The van der Waals surface area contributed by atoms with Gasteiger partial charge >= 0.3 is 0 Å². The highest BCUT2D eigenvalue weighted by Gasteiger charge is 2.38. The molecule has 1 fully saturated rings. The molecule has 0 N–H and O–H groups in total. The quantitative estimate of drug-likeness (QED) is 0.743. The largest absolute Gasteiger partial charge is 0.214 e. The van der Waals surface area contributed by atoms with E-state index in [2.05, 4.69) is 27.7 Å². The lowest BCUT2D eigenvalue weighted by atomic mass is 9.94. The lowest BCUT2D eigenvalue weighted by molar-refractivity contribution is 0.360. The van der Waals surface area contributed by atoms with E-state index in [9.17, 15) is 8.42 Å². The van der Waals surface area contributed by atoms with Gasteiger partial charge in [-0.2, -0.15) is 4.31 Å². The summed E-state index contributed by atoms with van der Waals surface area (Å²) in [5, 5.41) is 0. The standard InChI is InChI=1S/C12H24ClNO2S/c1-10-5-7-14(11(10)9-13)17(15,16)8-6-12(2,3)4/h10-11H,5-9H2,1-4H3. The summed E-state index contributed by atoms with van der Waals surface area (Å²) in [5.74, 6) is 1.00. The minimum absolute atomic E-state index is 0.0124. The van der Waals surface area contributed by atoms with Crippen molar-refractivity contribution in [2.24, 2.45) is 11.3 Å². The molecule has 17 heavy (non-hydrogen) atoms. The van der Waals surface area contributed by atoms with Crippen LogP contribution >= 0.6 is 11.6 Å². The highest BCUT2D eigenvalue weighted by Crippen LogP contribution is 2.29. The summed E-state index contributed by atoms with van der Waals surface area (Å²) in [6.07, 6.45) is 1.61. The number of halogens is 1. The molecule has 2 unspecified atom stereocenters. The second-order valence-corrected chi connectivity index (χ2v) is 8.57. The van der Waals surface area contributed by atoms with Gasteiger partial charge in [-0.1, -0.05) is 27.7 Å². The minimum Gasteiger partial charge on any atom is -0.212 e. The van der Waals surface area contributed by atoms with Crippen LogP contribution in [0.2, 0.25) is 0 Å². The first-order valence-corrected chi connectivity index (χ1v) is 8.37. The number of hydrogen-bond acceptors (Lipinski definition) is 2. The molecule has 3 nitrogen and oxygen atoms in total. The fourth-order valence-electron chi connectivity index (χ4n) is 2.10. The maximum absolute atomic E-state index is 12.3. The summed E-state index contributed by atoms with van der Waals surface area (Å²) in [4.78, 5) is 0. The molecule has 0 aromatic heterocycles. The molecule has 0 radical (unpaired) electrons. The van der Waals surface area contributed by atoms with Crippen molar-refractivity contribution in [1.29, 1.82) is 0 Å². The Labute approximate surface area is 111 Å². The molecule has 0 aromatic carbocycles. The lowest BCUT2D eigenvalue weighted by Gasteiger charge is -2.26. The van der Waals surface area contributed by atoms with E-state index in [0.717, 1.165) is 6.42 Å². The van der Waals surface area contributed by atoms with E-state index in [1.165, 1.54) is 0 Å². The van der Waals surface area contributed by atoms with Gasteiger partial charge in [0.2, 0.25) is 10.0 Å². The Morgan fingerprint density at radius 1 is 1.35 bits per heavy atom. The SMILES string of the molecule is CC1CCN(S(=O)(=O)CCC(C)(C)C)C1CCl. The Kier molecular flexibility index (Phi) is 4.89. The van der Waals surface area contributed by atoms with Crippen LogP contribution in [0.5, 0.6) is 0 Å². The maximum atomic E-state index is 12.3.